The number of H-pyrrole nitrogens is 1. The van der Waals surface area contributed by atoms with Gasteiger partial charge in [0.05, 0.1) is 4.90 Å². The van der Waals surface area contributed by atoms with Crippen LogP contribution in [0, 0.1) is 5.41 Å². The molecule has 0 atom stereocenters. The van der Waals surface area contributed by atoms with Crippen molar-refractivity contribution in [1.82, 2.24) is 9.29 Å². The SMILES string of the molecule is CCC1(C)CCN(S(=O)(=O)c2c[nH]c(=O)c(Cl)c2)CC1. The fourth-order valence-corrected chi connectivity index (χ4v) is 4.03. The normalized spacial score (nSPS) is 19.9. The summed E-state index contributed by atoms with van der Waals surface area (Å²) in [6, 6.07) is 1.21. The van der Waals surface area contributed by atoms with Crippen molar-refractivity contribution in [3.05, 3.63) is 27.6 Å². The third-order valence-corrected chi connectivity index (χ3v) is 6.41. The van der Waals surface area contributed by atoms with Gasteiger partial charge < -0.3 is 4.98 Å². The van der Waals surface area contributed by atoms with Crippen LogP contribution in [0.1, 0.15) is 33.1 Å². The maximum atomic E-state index is 12.5. The molecule has 112 valence electrons. The topological polar surface area (TPSA) is 70.2 Å². The lowest BCUT2D eigenvalue weighted by Gasteiger charge is -2.38. The van der Waals surface area contributed by atoms with Gasteiger partial charge in [-0.25, -0.2) is 8.42 Å². The zero-order valence-electron chi connectivity index (χ0n) is 11.6. The number of sulfonamides is 1. The number of aromatic nitrogens is 1. The van der Waals surface area contributed by atoms with E-state index in [0.29, 0.717) is 13.1 Å². The van der Waals surface area contributed by atoms with Crippen LogP contribution in [-0.2, 0) is 10.0 Å². The van der Waals surface area contributed by atoms with Crippen molar-refractivity contribution in [3.8, 4) is 0 Å². The summed E-state index contributed by atoms with van der Waals surface area (Å²) in [6.07, 6.45) is 3.95. The monoisotopic (exact) mass is 318 g/mol. The maximum Gasteiger partial charge on any atom is 0.266 e. The number of rotatable bonds is 3. The highest BCUT2D eigenvalue weighted by atomic mass is 35.5. The smallest absolute Gasteiger partial charge is 0.266 e. The molecule has 1 aromatic heterocycles. The van der Waals surface area contributed by atoms with E-state index in [4.69, 9.17) is 11.6 Å². The lowest BCUT2D eigenvalue weighted by atomic mass is 9.79. The van der Waals surface area contributed by atoms with E-state index in [1.807, 2.05) is 0 Å². The van der Waals surface area contributed by atoms with E-state index < -0.39 is 15.6 Å². The average molecular weight is 319 g/mol. The van der Waals surface area contributed by atoms with Crippen LogP contribution in [0.3, 0.4) is 0 Å². The third-order valence-electron chi connectivity index (χ3n) is 4.25. The van der Waals surface area contributed by atoms with E-state index in [1.54, 1.807) is 0 Å². The Balaban J connectivity index is 2.24. The molecule has 0 spiro atoms. The second-order valence-electron chi connectivity index (χ2n) is 5.58. The van der Waals surface area contributed by atoms with Gasteiger partial charge in [-0.3, -0.25) is 4.79 Å². The zero-order valence-corrected chi connectivity index (χ0v) is 13.2. The fourth-order valence-electron chi connectivity index (χ4n) is 2.36. The molecule has 0 saturated carbocycles. The lowest BCUT2D eigenvalue weighted by molar-refractivity contribution is 0.169. The Morgan fingerprint density at radius 3 is 2.50 bits per heavy atom. The summed E-state index contributed by atoms with van der Waals surface area (Å²) >= 11 is 5.70. The number of nitrogens with zero attached hydrogens (tertiary/aromatic N) is 1. The standard InChI is InChI=1S/C13H19ClN2O3S/c1-3-13(2)4-6-16(7-5-13)20(18,19)10-8-11(14)12(17)15-9-10/h8-9H,3-7H2,1-2H3,(H,15,17). The van der Waals surface area contributed by atoms with Crippen molar-refractivity contribution in [2.45, 2.75) is 38.0 Å². The maximum absolute atomic E-state index is 12.5. The van der Waals surface area contributed by atoms with E-state index in [-0.39, 0.29) is 15.3 Å². The lowest BCUT2D eigenvalue weighted by Crippen LogP contribution is -2.42. The Hall–Kier alpha value is -0.850. The van der Waals surface area contributed by atoms with Gasteiger partial charge in [0.2, 0.25) is 10.0 Å². The van der Waals surface area contributed by atoms with E-state index >= 15 is 0 Å². The quantitative estimate of drug-likeness (QED) is 0.929. The Labute approximate surface area is 124 Å². The Morgan fingerprint density at radius 2 is 2.00 bits per heavy atom. The largest absolute Gasteiger partial charge is 0.326 e. The molecule has 0 radical (unpaired) electrons. The van der Waals surface area contributed by atoms with Gasteiger partial charge in [-0.05, 0) is 24.3 Å². The van der Waals surface area contributed by atoms with Crippen LogP contribution in [-0.4, -0.2) is 30.8 Å². The fraction of sp³-hybridized carbons (Fsp3) is 0.615. The van der Waals surface area contributed by atoms with Gasteiger partial charge in [0.15, 0.2) is 0 Å². The molecule has 2 heterocycles. The molecule has 0 amide bonds. The number of halogens is 1. The van der Waals surface area contributed by atoms with Crippen LogP contribution < -0.4 is 5.56 Å². The van der Waals surface area contributed by atoms with Gasteiger partial charge >= 0.3 is 0 Å². The summed E-state index contributed by atoms with van der Waals surface area (Å²) in [6.45, 7) is 5.33. The van der Waals surface area contributed by atoms with Gasteiger partial charge in [-0.15, -0.1) is 0 Å². The predicted octanol–water partition coefficient (Wildman–Crippen LogP) is 2.23. The zero-order chi connectivity index (χ0) is 15.0. The number of pyridine rings is 1. The molecule has 0 bridgehead atoms. The number of aromatic amines is 1. The Morgan fingerprint density at radius 1 is 1.40 bits per heavy atom. The van der Waals surface area contributed by atoms with Gasteiger partial charge in [0.1, 0.15) is 5.02 Å². The molecule has 1 saturated heterocycles. The minimum atomic E-state index is -3.58. The summed E-state index contributed by atoms with van der Waals surface area (Å²) in [5.74, 6) is 0. The molecule has 1 fully saturated rings. The summed E-state index contributed by atoms with van der Waals surface area (Å²) in [5, 5.41) is -0.110. The highest BCUT2D eigenvalue weighted by Crippen LogP contribution is 2.35. The molecule has 1 aliphatic rings. The van der Waals surface area contributed by atoms with Crippen molar-refractivity contribution in [2.75, 3.05) is 13.1 Å². The molecule has 7 heteroatoms. The van der Waals surface area contributed by atoms with Gasteiger partial charge in [-0.1, -0.05) is 31.9 Å². The second-order valence-corrected chi connectivity index (χ2v) is 7.93. The molecule has 0 unspecified atom stereocenters. The molecular formula is C13H19ClN2O3S. The molecule has 0 aromatic carbocycles. The summed E-state index contributed by atoms with van der Waals surface area (Å²) in [7, 11) is -3.58. The van der Waals surface area contributed by atoms with E-state index in [2.05, 4.69) is 18.8 Å². The van der Waals surface area contributed by atoms with Crippen molar-refractivity contribution < 1.29 is 8.42 Å². The molecule has 1 aromatic rings. The minimum Gasteiger partial charge on any atom is -0.326 e. The Kier molecular flexibility index (Phi) is 4.27. The van der Waals surface area contributed by atoms with Crippen molar-refractivity contribution in [3.63, 3.8) is 0 Å². The van der Waals surface area contributed by atoms with E-state index in [1.165, 1.54) is 16.6 Å². The molecule has 20 heavy (non-hydrogen) atoms. The second kappa shape index (κ2) is 5.50. The summed E-state index contributed by atoms with van der Waals surface area (Å²) in [5.41, 5.74) is -0.267. The highest BCUT2D eigenvalue weighted by Gasteiger charge is 2.34. The first-order valence-corrected chi connectivity index (χ1v) is 8.49. The summed E-state index contributed by atoms with van der Waals surface area (Å²) < 4.78 is 26.5. The van der Waals surface area contributed by atoms with Crippen LogP contribution >= 0.6 is 11.6 Å². The van der Waals surface area contributed by atoms with Crippen LogP contribution in [0.15, 0.2) is 22.0 Å². The van der Waals surface area contributed by atoms with Crippen LogP contribution in [0.2, 0.25) is 5.02 Å². The van der Waals surface area contributed by atoms with Gasteiger partial charge in [0, 0.05) is 19.3 Å². The average Bonchev–Trinajstić information content (AvgIpc) is 2.42. The van der Waals surface area contributed by atoms with Crippen LogP contribution in [0.5, 0.6) is 0 Å². The highest BCUT2D eigenvalue weighted by molar-refractivity contribution is 7.89. The summed E-state index contributed by atoms with van der Waals surface area (Å²) in [4.78, 5) is 13.6. The number of hydrogen-bond donors (Lipinski definition) is 1. The number of nitrogens with one attached hydrogen (secondary N) is 1. The van der Waals surface area contributed by atoms with Crippen molar-refractivity contribution in [1.29, 1.82) is 0 Å². The first kappa shape index (κ1) is 15.5. The molecular weight excluding hydrogens is 300 g/mol. The predicted molar refractivity (Wildman–Crippen MR) is 78.5 cm³/mol. The van der Waals surface area contributed by atoms with Gasteiger partial charge in [0.25, 0.3) is 5.56 Å². The van der Waals surface area contributed by atoms with E-state index in [0.717, 1.165) is 19.3 Å². The van der Waals surface area contributed by atoms with Crippen molar-refractivity contribution >= 4 is 21.6 Å². The molecule has 5 nitrogen and oxygen atoms in total. The van der Waals surface area contributed by atoms with Crippen LogP contribution in [0.25, 0.3) is 0 Å². The third kappa shape index (κ3) is 2.92. The Bertz CT molecular complexity index is 646. The first-order valence-electron chi connectivity index (χ1n) is 6.67. The molecule has 2 rings (SSSR count). The molecule has 0 aliphatic carbocycles. The molecule has 1 aliphatic heterocycles. The van der Waals surface area contributed by atoms with E-state index in [9.17, 15) is 13.2 Å². The van der Waals surface area contributed by atoms with Crippen molar-refractivity contribution in [2.24, 2.45) is 5.41 Å². The van der Waals surface area contributed by atoms with Gasteiger partial charge in [-0.2, -0.15) is 4.31 Å². The minimum absolute atomic E-state index is 0.0437. The number of hydrogen-bond acceptors (Lipinski definition) is 3. The molecule has 1 N–H and O–H groups in total. The van der Waals surface area contributed by atoms with Crippen LogP contribution in [0.4, 0.5) is 0 Å². The first-order chi connectivity index (χ1) is 9.28. The number of piperidine rings is 1.